The zero-order chi connectivity index (χ0) is 28.2. The fraction of sp³-hybridized carbons (Fsp3) is 0.486. The first-order valence-electron chi connectivity index (χ1n) is 15.7. The summed E-state index contributed by atoms with van der Waals surface area (Å²) in [5, 5.41) is 8.85. The minimum Gasteiger partial charge on any atom is -0.481 e. The zero-order valence-electron chi connectivity index (χ0n) is 24.4. The standard InChI is InChI=1S/C37H47FO2/c1-2-3-4-5-8-13-29-15-17-30(18-16-29)32-21-24-34(35(38)28-32)31-19-22-33(23-20-31)37(26-11-12-27-37)25-10-7-6-9-14-36(39)40/h15-24,28H,2-14,25-27H2,1H3,(H,39,40). The number of hydrogen-bond donors (Lipinski definition) is 1. The van der Waals surface area contributed by atoms with Crippen LogP contribution in [0.5, 0.6) is 0 Å². The molecule has 1 saturated carbocycles. The summed E-state index contributed by atoms with van der Waals surface area (Å²) >= 11 is 0. The summed E-state index contributed by atoms with van der Waals surface area (Å²) < 4.78 is 15.3. The predicted octanol–water partition coefficient (Wildman–Crippen LogP) is 10.9. The van der Waals surface area contributed by atoms with Crippen molar-refractivity contribution in [2.75, 3.05) is 0 Å². The van der Waals surface area contributed by atoms with Crippen molar-refractivity contribution < 1.29 is 14.3 Å². The van der Waals surface area contributed by atoms with Gasteiger partial charge in [0.05, 0.1) is 0 Å². The second-order valence-corrected chi connectivity index (χ2v) is 11.9. The monoisotopic (exact) mass is 542 g/mol. The van der Waals surface area contributed by atoms with Crippen molar-refractivity contribution in [3.05, 3.63) is 83.7 Å². The van der Waals surface area contributed by atoms with Crippen LogP contribution >= 0.6 is 0 Å². The normalized spacial score (nSPS) is 14.4. The molecule has 214 valence electrons. The molecule has 0 spiro atoms. The number of carboxylic acid groups (broad SMARTS) is 1. The van der Waals surface area contributed by atoms with Gasteiger partial charge in [0.2, 0.25) is 0 Å². The number of rotatable bonds is 16. The topological polar surface area (TPSA) is 37.3 Å². The third-order valence-electron chi connectivity index (χ3n) is 8.99. The van der Waals surface area contributed by atoms with Crippen molar-refractivity contribution in [3.63, 3.8) is 0 Å². The average molecular weight is 543 g/mol. The molecule has 0 aliphatic heterocycles. The summed E-state index contributed by atoms with van der Waals surface area (Å²) in [4.78, 5) is 10.7. The Balaban J connectivity index is 1.37. The van der Waals surface area contributed by atoms with Crippen molar-refractivity contribution in [3.8, 4) is 22.3 Å². The summed E-state index contributed by atoms with van der Waals surface area (Å²) in [5.74, 6) is -0.877. The van der Waals surface area contributed by atoms with Crippen LogP contribution < -0.4 is 0 Å². The molecule has 4 rings (SSSR count). The van der Waals surface area contributed by atoms with Gasteiger partial charge in [0.1, 0.15) is 5.82 Å². The van der Waals surface area contributed by atoms with Crippen molar-refractivity contribution in [1.29, 1.82) is 0 Å². The SMILES string of the molecule is CCCCCCCc1ccc(-c2ccc(-c3ccc(C4(CCCCCCC(=O)O)CCCC4)cc3)c(F)c2)cc1. The molecular weight excluding hydrogens is 495 g/mol. The molecule has 1 N–H and O–H groups in total. The molecule has 2 nitrogen and oxygen atoms in total. The van der Waals surface area contributed by atoms with E-state index in [-0.39, 0.29) is 17.7 Å². The van der Waals surface area contributed by atoms with Crippen LogP contribution in [0.15, 0.2) is 66.7 Å². The van der Waals surface area contributed by atoms with Gasteiger partial charge in [0.25, 0.3) is 0 Å². The molecule has 0 atom stereocenters. The highest BCUT2D eigenvalue weighted by Crippen LogP contribution is 2.45. The van der Waals surface area contributed by atoms with Crippen LogP contribution in [0.25, 0.3) is 22.3 Å². The average Bonchev–Trinajstić information content (AvgIpc) is 3.45. The van der Waals surface area contributed by atoms with E-state index < -0.39 is 5.97 Å². The first-order chi connectivity index (χ1) is 19.5. The van der Waals surface area contributed by atoms with Crippen LogP contribution in [0, 0.1) is 5.82 Å². The number of aryl methyl sites for hydroxylation is 1. The molecule has 0 unspecified atom stereocenters. The lowest BCUT2D eigenvalue weighted by Crippen LogP contribution is -2.21. The Morgan fingerprint density at radius 1 is 0.750 bits per heavy atom. The molecular formula is C37H47FO2. The summed E-state index contributed by atoms with van der Waals surface area (Å²) in [6, 6.07) is 22.9. The molecule has 40 heavy (non-hydrogen) atoms. The second-order valence-electron chi connectivity index (χ2n) is 11.9. The van der Waals surface area contributed by atoms with E-state index in [1.807, 2.05) is 12.1 Å². The molecule has 0 saturated heterocycles. The molecule has 0 bridgehead atoms. The molecule has 3 heteroatoms. The highest BCUT2D eigenvalue weighted by atomic mass is 19.1. The van der Waals surface area contributed by atoms with Gasteiger partial charge < -0.3 is 5.11 Å². The van der Waals surface area contributed by atoms with Gasteiger partial charge in [-0.2, -0.15) is 0 Å². The molecule has 1 aliphatic rings. The van der Waals surface area contributed by atoms with E-state index >= 15 is 4.39 Å². The van der Waals surface area contributed by atoms with Crippen molar-refractivity contribution in [1.82, 2.24) is 0 Å². The Bertz CT molecular complexity index is 1190. The van der Waals surface area contributed by atoms with Crippen molar-refractivity contribution in [2.45, 2.75) is 115 Å². The van der Waals surface area contributed by atoms with E-state index in [1.54, 1.807) is 6.07 Å². The van der Waals surface area contributed by atoms with Crippen LogP contribution in [0.1, 0.15) is 114 Å². The number of hydrogen-bond acceptors (Lipinski definition) is 1. The quantitative estimate of drug-likeness (QED) is 0.183. The minimum atomic E-state index is -0.698. The highest BCUT2D eigenvalue weighted by Gasteiger charge is 2.34. The van der Waals surface area contributed by atoms with Gasteiger partial charge >= 0.3 is 5.97 Å². The summed E-state index contributed by atoms with van der Waals surface area (Å²) in [5.41, 5.74) is 6.50. The van der Waals surface area contributed by atoms with Crippen molar-refractivity contribution in [2.24, 2.45) is 0 Å². The minimum absolute atomic E-state index is 0.179. The lowest BCUT2D eigenvalue weighted by molar-refractivity contribution is -0.137. The fourth-order valence-electron chi connectivity index (χ4n) is 6.56. The third kappa shape index (κ3) is 8.29. The Morgan fingerprint density at radius 2 is 1.38 bits per heavy atom. The Kier molecular flexibility index (Phi) is 11.4. The van der Waals surface area contributed by atoms with Crippen LogP contribution in [0.4, 0.5) is 4.39 Å². The second kappa shape index (κ2) is 15.2. The fourth-order valence-corrected chi connectivity index (χ4v) is 6.56. The Labute approximate surface area is 241 Å². The van der Waals surface area contributed by atoms with E-state index in [0.717, 1.165) is 55.2 Å². The molecule has 0 amide bonds. The van der Waals surface area contributed by atoms with E-state index in [4.69, 9.17) is 5.11 Å². The summed E-state index contributed by atoms with van der Waals surface area (Å²) in [6.45, 7) is 2.25. The van der Waals surface area contributed by atoms with Gasteiger partial charge in [-0.15, -0.1) is 0 Å². The molecule has 3 aromatic rings. The zero-order valence-corrected chi connectivity index (χ0v) is 24.4. The molecule has 1 fully saturated rings. The predicted molar refractivity (Wildman–Crippen MR) is 165 cm³/mol. The highest BCUT2D eigenvalue weighted by molar-refractivity contribution is 5.71. The van der Waals surface area contributed by atoms with Gasteiger partial charge in [-0.05, 0) is 77.8 Å². The summed E-state index contributed by atoms with van der Waals surface area (Å²) in [7, 11) is 0. The van der Waals surface area contributed by atoms with Crippen LogP contribution in [0.3, 0.4) is 0 Å². The number of benzene rings is 3. The Hall–Kier alpha value is -2.94. The third-order valence-corrected chi connectivity index (χ3v) is 8.99. The van der Waals surface area contributed by atoms with Crippen LogP contribution in [0.2, 0.25) is 0 Å². The number of carbonyl (C=O) groups is 1. The largest absolute Gasteiger partial charge is 0.481 e. The Morgan fingerprint density at radius 3 is 2.05 bits per heavy atom. The maximum Gasteiger partial charge on any atom is 0.303 e. The van der Waals surface area contributed by atoms with E-state index in [2.05, 4.69) is 55.5 Å². The van der Waals surface area contributed by atoms with Crippen molar-refractivity contribution >= 4 is 5.97 Å². The van der Waals surface area contributed by atoms with Gasteiger partial charge in [0, 0.05) is 12.0 Å². The maximum atomic E-state index is 15.3. The molecule has 3 aromatic carbocycles. The van der Waals surface area contributed by atoms with Gasteiger partial charge in [0.15, 0.2) is 0 Å². The van der Waals surface area contributed by atoms with Gasteiger partial charge in [-0.3, -0.25) is 4.79 Å². The lowest BCUT2D eigenvalue weighted by atomic mass is 9.74. The number of unbranched alkanes of at least 4 members (excludes halogenated alkanes) is 7. The van der Waals surface area contributed by atoms with E-state index in [0.29, 0.717) is 5.56 Å². The van der Waals surface area contributed by atoms with E-state index in [9.17, 15) is 4.79 Å². The maximum absolute atomic E-state index is 15.3. The smallest absolute Gasteiger partial charge is 0.303 e. The summed E-state index contributed by atoms with van der Waals surface area (Å²) in [6.07, 6.45) is 17.9. The first kappa shape index (κ1) is 30.0. The van der Waals surface area contributed by atoms with Gasteiger partial charge in [-0.25, -0.2) is 4.39 Å². The molecule has 0 heterocycles. The van der Waals surface area contributed by atoms with Crippen LogP contribution in [-0.2, 0) is 16.6 Å². The first-order valence-corrected chi connectivity index (χ1v) is 15.7. The number of carboxylic acids is 1. The number of aliphatic carboxylic acids is 1. The molecule has 1 aliphatic carbocycles. The molecule has 0 radical (unpaired) electrons. The number of halogens is 1. The van der Waals surface area contributed by atoms with E-state index in [1.165, 1.54) is 68.9 Å². The van der Waals surface area contributed by atoms with Gasteiger partial charge in [-0.1, -0.05) is 125 Å². The lowest BCUT2D eigenvalue weighted by Gasteiger charge is -2.30. The molecule has 0 aromatic heterocycles. The van der Waals surface area contributed by atoms with Crippen LogP contribution in [-0.4, -0.2) is 11.1 Å².